The van der Waals surface area contributed by atoms with Crippen molar-refractivity contribution in [1.82, 2.24) is 5.32 Å². The summed E-state index contributed by atoms with van der Waals surface area (Å²) in [6.07, 6.45) is 4.08. The molecule has 1 atom stereocenters. The van der Waals surface area contributed by atoms with E-state index in [0.29, 0.717) is 12.0 Å². The van der Waals surface area contributed by atoms with E-state index >= 15 is 0 Å². The van der Waals surface area contributed by atoms with E-state index in [2.05, 4.69) is 21.9 Å². The number of nitrogens with zero attached hydrogens (tertiary/aromatic N) is 2. The summed E-state index contributed by atoms with van der Waals surface area (Å²) < 4.78 is 0. The lowest BCUT2D eigenvalue weighted by Crippen LogP contribution is -2.25. The maximum Gasteiger partial charge on any atom is 0.215 e. The van der Waals surface area contributed by atoms with Gasteiger partial charge in [-0.05, 0) is 32.4 Å². The predicted molar refractivity (Wildman–Crippen MR) is 72.2 cm³/mol. The fraction of sp³-hybridized carbons (Fsp3) is 0.667. The Morgan fingerprint density at radius 3 is 2.75 bits per heavy atom. The third kappa shape index (κ3) is 6.35. The van der Waals surface area contributed by atoms with Crippen molar-refractivity contribution >= 4 is 11.7 Å². The summed E-state index contributed by atoms with van der Waals surface area (Å²) in [5, 5.41) is 3.35. The zero-order valence-electron chi connectivity index (χ0n) is 10.7. The van der Waals surface area contributed by atoms with Crippen LogP contribution in [0.15, 0.2) is 22.6 Å². The van der Waals surface area contributed by atoms with E-state index in [1.165, 1.54) is 12.8 Å². The Morgan fingerprint density at radius 2 is 2.25 bits per heavy atom. The van der Waals surface area contributed by atoms with Gasteiger partial charge in [-0.1, -0.05) is 20.4 Å². The zero-order valence-corrected chi connectivity index (χ0v) is 10.7. The van der Waals surface area contributed by atoms with Crippen LogP contribution in [0.5, 0.6) is 0 Å². The van der Waals surface area contributed by atoms with Crippen LogP contribution in [0.2, 0.25) is 0 Å². The molecule has 1 heterocycles. The van der Waals surface area contributed by atoms with Gasteiger partial charge >= 0.3 is 0 Å². The van der Waals surface area contributed by atoms with Gasteiger partial charge in [0.1, 0.15) is 0 Å². The second-order valence-corrected chi connectivity index (χ2v) is 3.45. The van der Waals surface area contributed by atoms with E-state index in [1.807, 2.05) is 20.8 Å². The highest BCUT2D eigenvalue weighted by Crippen LogP contribution is 2.04. The first-order chi connectivity index (χ1) is 7.72. The van der Waals surface area contributed by atoms with Crippen LogP contribution in [0.25, 0.3) is 0 Å². The lowest BCUT2D eigenvalue weighted by molar-refractivity contribution is 0.617. The minimum absolute atomic E-state index is 0.344. The number of aliphatic imine (C=N–C) groups is 2. The first kappa shape index (κ1) is 14.8. The Labute approximate surface area is 98.7 Å². The maximum atomic E-state index is 5.62. The normalized spacial score (nSPS) is 21.3. The molecule has 1 unspecified atom stereocenters. The van der Waals surface area contributed by atoms with Crippen molar-refractivity contribution in [2.75, 3.05) is 13.1 Å². The van der Waals surface area contributed by atoms with Gasteiger partial charge in [-0.3, -0.25) is 0 Å². The fourth-order valence-corrected chi connectivity index (χ4v) is 1.38. The van der Waals surface area contributed by atoms with Crippen molar-refractivity contribution in [1.29, 1.82) is 0 Å². The van der Waals surface area contributed by atoms with Crippen molar-refractivity contribution in [3.8, 4) is 0 Å². The van der Waals surface area contributed by atoms with Gasteiger partial charge < -0.3 is 11.1 Å². The van der Waals surface area contributed by atoms with Crippen LogP contribution in [-0.2, 0) is 0 Å². The van der Waals surface area contributed by atoms with Crippen molar-refractivity contribution in [3.63, 3.8) is 0 Å². The summed E-state index contributed by atoms with van der Waals surface area (Å²) in [6.45, 7) is 11.3. The Balaban J connectivity index is 0.00000106. The summed E-state index contributed by atoms with van der Waals surface area (Å²) in [5.41, 5.74) is 6.41. The van der Waals surface area contributed by atoms with Crippen LogP contribution in [0.4, 0.5) is 0 Å². The van der Waals surface area contributed by atoms with E-state index in [4.69, 9.17) is 5.73 Å². The summed E-state index contributed by atoms with van der Waals surface area (Å²) in [7, 11) is 0. The van der Waals surface area contributed by atoms with E-state index in [-0.39, 0.29) is 0 Å². The highest BCUT2D eigenvalue weighted by Gasteiger charge is 2.12. The number of nitrogens with two attached hydrogens (primary N) is 1. The highest BCUT2D eigenvalue weighted by atomic mass is 15.1. The van der Waals surface area contributed by atoms with E-state index in [0.717, 1.165) is 18.8 Å². The summed E-state index contributed by atoms with van der Waals surface area (Å²) >= 11 is 0. The smallest absolute Gasteiger partial charge is 0.215 e. The summed E-state index contributed by atoms with van der Waals surface area (Å²) in [5.74, 6) is 0.344. The molecule has 0 aromatic carbocycles. The molecule has 1 saturated heterocycles. The molecule has 1 rings (SSSR count). The Hall–Kier alpha value is -1.16. The number of allylic oxidation sites excluding steroid dienone is 1. The molecular weight excluding hydrogens is 200 g/mol. The predicted octanol–water partition coefficient (Wildman–Crippen LogP) is 1.73. The molecule has 92 valence electrons. The minimum atomic E-state index is 0.344. The number of rotatable bonds is 3. The van der Waals surface area contributed by atoms with Crippen LogP contribution >= 0.6 is 0 Å². The molecule has 1 aliphatic heterocycles. The molecule has 1 aliphatic rings. The molecule has 1 fully saturated rings. The maximum absolute atomic E-state index is 5.62. The van der Waals surface area contributed by atoms with Crippen molar-refractivity contribution in [2.24, 2.45) is 15.7 Å². The minimum Gasteiger partial charge on any atom is -0.368 e. The van der Waals surface area contributed by atoms with Gasteiger partial charge in [0, 0.05) is 11.8 Å². The number of hydrogen-bond donors (Lipinski definition) is 2. The van der Waals surface area contributed by atoms with Gasteiger partial charge in [0.2, 0.25) is 5.96 Å². The first-order valence-electron chi connectivity index (χ1n) is 5.93. The average molecular weight is 224 g/mol. The lowest BCUT2D eigenvalue weighted by atomic mass is 10.2. The van der Waals surface area contributed by atoms with Crippen molar-refractivity contribution in [2.45, 2.75) is 39.7 Å². The summed E-state index contributed by atoms with van der Waals surface area (Å²) in [4.78, 5) is 8.25. The fourth-order valence-electron chi connectivity index (χ4n) is 1.38. The second-order valence-electron chi connectivity index (χ2n) is 3.45. The van der Waals surface area contributed by atoms with Gasteiger partial charge in [0.25, 0.3) is 0 Å². The quantitative estimate of drug-likeness (QED) is 0.566. The van der Waals surface area contributed by atoms with E-state index in [9.17, 15) is 0 Å². The molecule has 0 spiro atoms. The molecular formula is C12H24N4. The number of guanidine groups is 1. The number of hydrogen-bond acceptors (Lipinski definition) is 2. The molecule has 3 N–H and O–H groups in total. The van der Waals surface area contributed by atoms with Gasteiger partial charge in [-0.15, -0.1) is 0 Å². The van der Waals surface area contributed by atoms with E-state index < -0.39 is 0 Å². The van der Waals surface area contributed by atoms with Crippen LogP contribution in [0.3, 0.4) is 0 Å². The molecule has 0 aliphatic carbocycles. The SMILES string of the molecule is C=C/C(C)=N\C(N)=NCC1CCCN1.CC. The Morgan fingerprint density at radius 1 is 1.56 bits per heavy atom. The third-order valence-electron chi connectivity index (χ3n) is 2.22. The lowest BCUT2D eigenvalue weighted by Gasteiger charge is -2.05. The zero-order chi connectivity index (χ0) is 12.4. The Bertz CT molecular complexity index is 250. The van der Waals surface area contributed by atoms with Crippen molar-refractivity contribution < 1.29 is 0 Å². The average Bonchev–Trinajstić information content (AvgIpc) is 2.82. The number of nitrogens with one attached hydrogen (secondary N) is 1. The third-order valence-corrected chi connectivity index (χ3v) is 2.22. The summed E-state index contributed by atoms with van der Waals surface area (Å²) in [6, 6.07) is 0.479. The highest BCUT2D eigenvalue weighted by molar-refractivity contribution is 6.01. The van der Waals surface area contributed by atoms with Gasteiger partial charge in [0.15, 0.2) is 0 Å². The molecule has 0 aromatic heterocycles. The van der Waals surface area contributed by atoms with Gasteiger partial charge in [0.05, 0.1) is 6.54 Å². The molecule has 0 aromatic rings. The van der Waals surface area contributed by atoms with Crippen LogP contribution < -0.4 is 11.1 Å². The monoisotopic (exact) mass is 224 g/mol. The molecule has 16 heavy (non-hydrogen) atoms. The van der Waals surface area contributed by atoms with Crippen molar-refractivity contribution in [3.05, 3.63) is 12.7 Å². The van der Waals surface area contributed by atoms with Gasteiger partial charge in [-0.2, -0.15) is 0 Å². The van der Waals surface area contributed by atoms with Gasteiger partial charge in [-0.25, -0.2) is 9.98 Å². The van der Waals surface area contributed by atoms with Crippen LogP contribution in [-0.4, -0.2) is 30.8 Å². The van der Waals surface area contributed by atoms with Crippen LogP contribution in [0, 0.1) is 0 Å². The Kier molecular flexibility index (Phi) is 8.43. The molecule has 4 heteroatoms. The molecule has 0 radical (unpaired) electrons. The molecule has 4 nitrogen and oxygen atoms in total. The standard InChI is InChI=1S/C10H18N4.C2H6/c1-3-8(2)14-10(11)13-7-9-5-4-6-12-9;1-2/h3,9,12H,1,4-7H2,2H3,(H2,11,13);1-2H3/b14-8-;. The first-order valence-corrected chi connectivity index (χ1v) is 5.93. The van der Waals surface area contributed by atoms with Crippen LogP contribution in [0.1, 0.15) is 33.6 Å². The topological polar surface area (TPSA) is 62.8 Å². The largest absolute Gasteiger partial charge is 0.368 e. The van der Waals surface area contributed by atoms with E-state index in [1.54, 1.807) is 6.08 Å². The molecule has 0 bridgehead atoms. The molecule has 0 saturated carbocycles. The second kappa shape index (κ2) is 9.09. The molecule has 0 amide bonds.